The van der Waals surface area contributed by atoms with Gasteiger partial charge in [-0.25, -0.2) is 0 Å². The minimum Gasteiger partial charge on any atom is -0.179 e. The summed E-state index contributed by atoms with van der Waals surface area (Å²) in [5.41, 5.74) is 6.95. The third-order valence-electron chi connectivity index (χ3n) is 3.48. The molecule has 0 N–H and O–H groups in total. The van der Waals surface area contributed by atoms with Gasteiger partial charge in [-0.2, -0.15) is 15.0 Å². The SMILES string of the molecule is Cc1ccc(Cn2nc3cc(C)c(C)cc3n2)cc1. The summed E-state index contributed by atoms with van der Waals surface area (Å²) in [4.78, 5) is 1.77. The van der Waals surface area contributed by atoms with Crippen LogP contribution in [0.3, 0.4) is 0 Å². The zero-order valence-corrected chi connectivity index (χ0v) is 11.5. The van der Waals surface area contributed by atoms with E-state index in [0.29, 0.717) is 6.54 Å². The van der Waals surface area contributed by atoms with Gasteiger partial charge in [0.1, 0.15) is 11.0 Å². The zero-order chi connectivity index (χ0) is 13.4. The molecule has 3 aromatic rings. The summed E-state index contributed by atoms with van der Waals surface area (Å²) in [6.45, 7) is 7.02. The first kappa shape index (κ1) is 11.9. The first-order valence-electron chi connectivity index (χ1n) is 6.49. The smallest absolute Gasteiger partial charge is 0.113 e. The number of aryl methyl sites for hydroxylation is 3. The van der Waals surface area contributed by atoms with E-state index in [0.717, 1.165) is 11.0 Å². The summed E-state index contributed by atoms with van der Waals surface area (Å²) >= 11 is 0. The molecule has 0 fully saturated rings. The Hall–Kier alpha value is -2.16. The third kappa shape index (κ3) is 2.36. The minimum absolute atomic E-state index is 0.715. The van der Waals surface area contributed by atoms with Gasteiger partial charge in [-0.3, -0.25) is 0 Å². The fourth-order valence-corrected chi connectivity index (χ4v) is 2.14. The Morgan fingerprint density at radius 3 is 1.89 bits per heavy atom. The van der Waals surface area contributed by atoms with Crippen molar-refractivity contribution in [1.82, 2.24) is 15.0 Å². The molecule has 0 bridgehead atoms. The zero-order valence-electron chi connectivity index (χ0n) is 11.5. The van der Waals surface area contributed by atoms with Crippen molar-refractivity contribution < 1.29 is 0 Å². The predicted octanol–water partition coefficient (Wildman–Crippen LogP) is 3.40. The highest BCUT2D eigenvalue weighted by Gasteiger charge is 2.05. The number of fused-ring (bicyclic) bond motifs is 1. The van der Waals surface area contributed by atoms with Gasteiger partial charge in [-0.1, -0.05) is 29.8 Å². The lowest BCUT2D eigenvalue weighted by molar-refractivity contribution is 0.600. The van der Waals surface area contributed by atoms with Gasteiger partial charge in [-0.15, -0.1) is 0 Å². The number of nitrogens with zero attached hydrogens (tertiary/aromatic N) is 3. The van der Waals surface area contributed by atoms with Crippen LogP contribution in [-0.2, 0) is 6.54 Å². The lowest BCUT2D eigenvalue weighted by Gasteiger charge is -2.00. The van der Waals surface area contributed by atoms with E-state index in [2.05, 4.69) is 67.4 Å². The first-order chi connectivity index (χ1) is 9.11. The second-order valence-electron chi connectivity index (χ2n) is 5.14. The highest BCUT2D eigenvalue weighted by Crippen LogP contribution is 2.16. The highest BCUT2D eigenvalue weighted by molar-refractivity contribution is 5.75. The summed E-state index contributed by atoms with van der Waals surface area (Å²) in [6.07, 6.45) is 0. The van der Waals surface area contributed by atoms with Crippen molar-refractivity contribution in [3.05, 3.63) is 58.7 Å². The molecule has 0 radical (unpaired) electrons. The van der Waals surface area contributed by atoms with Gasteiger partial charge in [-0.05, 0) is 49.6 Å². The maximum atomic E-state index is 4.54. The van der Waals surface area contributed by atoms with Crippen molar-refractivity contribution in [3.63, 3.8) is 0 Å². The van der Waals surface area contributed by atoms with Crippen molar-refractivity contribution in [2.24, 2.45) is 0 Å². The van der Waals surface area contributed by atoms with Crippen LogP contribution >= 0.6 is 0 Å². The van der Waals surface area contributed by atoms with Crippen LogP contribution in [0.25, 0.3) is 11.0 Å². The Morgan fingerprint density at radius 1 is 0.842 bits per heavy atom. The Balaban J connectivity index is 1.95. The van der Waals surface area contributed by atoms with Gasteiger partial charge < -0.3 is 0 Å². The monoisotopic (exact) mass is 251 g/mol. The normalized spacial score (nSPS) is 11.1. The number of rotatable bonds is 2. The van der Waals surface area contributed by atoms with Gasteiger partial charge >= 0.3 is 0 Å². The molecule has 0 spiro atoms. The van der Waals surface area contributed by atoms with E-state index in [1.54, 1.807) is 4.80 Å². The van der Waals surface area contributed by atoms with Crippen LogP contribution in [0, 0.1) is 20.8 Å². The Labute approximate surface area is 112 Å². The van der Waals surface area contributed by atoms with Crippen LogP contribution in [0.2, 0.25) is 0 Å². The molecule has 0 aliphatic rings. The van der Waals surface area contributed by atoms with E-state index in [1.807, 2.05) is 0 Å². The standard InChI is InChI=1S/C16H17N3/c1-11-4-6-14(7-5-11)10-19-17-15-8-12(2)13(3)9-16(15)18-19/h4-9H,10H2,1-3H3. The molecule has 0 aliphatic carbocycles. The molecular formula is C16H17N3. The van der Waals surface area contributed by atoms with Crippen molar-refractivity contribution >= 4 is 11.0 Å². The fourth-order valence-electron chi connectivity index (χ4n) is 2.14. The fraction of sp³-hybridized carbons (Fsp3) is 0.250. The molecule has 1 aromatic heterocycles. The number of aromatic nitrogens is 3. The largest absolute Gasteiger partial charge is 0.179 e. The van der Waals surface area contributed by atoms with Gasteiger partial charge in [0, 0.05) is 0 Å². The second-order valence-corrected chi connectivity index (χ2v) is 5.14. The molecule has 3 nitrogen and oxygen atoms in total. The van der Waals surface area contributed by atoms with Crippen molar-refractivity contribution in [1.29, 1.82) is 0 Å². The average Bonchev–Trinajstić information content (AvgIpc) is 2.74. The Kier molecular flexibility index (Phi) is 2.82. The Bertz CT molecular complexity index is 685. The molecule has 19 heavy (non-hydrogen) atoms. The number of benzene rings is 2. The second kappa shape index (κ2) is 4.50. The van der Waals surface area contributed by atoms with E-state index < -0.39 is 0 Å². The van der Waals surface area contributed by atoms with Crippen molar-refractivity contribution in [2.45, 2.75) is 27.3 Å². The van der Waals surface area contributed by atoms with Crippen LogP contribution in [-0.4, -0.2) is 15.0 Å². The molecule has 96 valence electrons. The number of hydrogen-bond acceptors (Lipinski definition) is 2. The summed E-state index contributed by atoms with van der Waals surface area (Å²) in [5, 5.41) is 9.08. The third-order valence-corrected chi connectivity index (χ3v) is 3.48. The average molecular weight is 251 g/mol. The van der Waals surface area contributed by atoms with E-state index >= 15 is 0 Å². The summed E-state index contributed by atoms with van der Waals surface area (Å²) < 4.78 is 0. The van der Waals surface area contributed by atoms with Crippen LogP contribution in [0.15, 0.2) is 36.4 Å². The lowest BCUT2D eigenvalue weighted by Crippen LogP contribution is -2.03. The summed E-state index contributed by atoms with van der Waals surface area (Å²) in [5.74, 6) is 0. The first-order valence-corrected chi connectivity index (χ1v) is 6.49. The predicted molar refractivity (Wildman–Crippen MR) is 77.3 cm³/mol. The van der Waals surface area contributed by atoms with Crippen molar-refractivity contribution in [3.8, 4) is 0 Å². The van der Waals surface area contributed by atoms with Crippen molar-refractivity contribution in [2.75, 3.05) is 0 Å². The lowest BCUT2D eigenvalue weighted by atomic mass is 10.1. The van der Waals surface area contributed by atoms with Crippen LogP contribution in [0.4, 0.5) is 0 Å². The topological polar surface area (TPSA) is 30.7 Å². The molecular weight excluding hydrogens is 234 g/mol. The Morgan fingerprint density at radius 2 is 1.37 bits per heavy atom. The van der Waals surface area contributed by atoms with Gasteiger partial charge in [0.05, 0.1) is 6.54 Å². The maximum absolute atomic E-state index is 4.54. The van der Waals surface area contributed by atoms with Gasteiger partial charge in [0.15, 0.2) is 0 Å². The molecule has 0 saturated heterocycles. The van der Waals surface area contributed by atoms with Crippen LogP contribution < -0.4 is 0 Å². The number of hydrogen-bond donors (Lipinski definition) is 0. The van der Waals surface area contributed by atoms with Crippen LogP contribution in [0.5, 0.6) is 0 Å². The summed E-state index contributed by atoms with van der Waals surface area (Å²) in [7, 11) is 0. The van der Waals surface area contributed by atoms with E-state index in [1.165, 1.54) is 22.3 Å². The molecule has 3 heteroatoms. The van der Waals surface area contributed by atoms with E-state index in [-0.39, 0.29) is 0 Å². The van der Waals surface area contributed by atoms with Gasteiger partial charge in [0.25, 0.3) is 0 Å². The molecule has 0 aliphatic heterocycles. The molecule has 3 rings (SSSR count). The van der Waals surface area contributed by atoms with Crippen LogP contribution in [0.1, 0.15) is 22.3 Å². The minimum atomic E-state index is 0.715. The molecule has 0 saturated carbocycles. The van der Waals surface area contributed by atoms with E-state index in [9.17, 15) is 0 Å². The highest BCUT2D eigenvalue weighted by atomic mass is 15.5. The molecule has 0 unspecified atom stereocenters. The molecule has 2 aromatic carbocycles. The molecule has 0 amide bonds. The summed E-state index contributed by atoms with van der Waals surface area (Å²) in [6, 6.07) is 12.7. The quantitative estimate of drug-likeness (QED) is 0.699. The molecule has 0 atom stereocenters. The van der Waals surface area contributed by atoms with Gasteiger partial charge in [0.2, 0.25) is 0 Å². The maximum Gasteiger partial charge on any atom is 0.113 e. The van der Waals surface area contributed by atoms with E-state index in [4.69, 9.17) is 0 Å². The molecule has 1 heterocycles.